The molecule has 0 aromatic heterocycles. The summed E-state index contributed by atoms with van der Waals surface area (Å²) in [6, 6.07) is 0.313. The van der Waals surface area contributed by atoms with Gasteiger partial charge in [-0.25, -0.2) is 0 Å². The van der Waals surface area contributed by atoms with Crippen molar-refractivity contribution in [2.75, 3.05) is 7.05 Å². The first-order chi connectivity index (χ1) is 6.82. The molecule has 1 rings (SSSR count). The van der Waals surface area contributed by atoms with Crippen LogP contribution in [-0.2, 0) is 4.79 Å². The zero-order chi connectivity index (χ0) is 11.6. The molecule has 0 saturated heterocycles. The van der Waals surface area contributed by atoms with Crippen LogP contribution in [-0.4, -0.2) is 34.6 Å². The lowest BCUT2D eigenvalue weighted by Crippen LogP contribution is -2.48. The van der Waals surface area contributed by atoms with Crippen LogP contribution in [0.25, 0.3) is 0 Å². The zero-order valence-corrected chi connectivity index (χ0v) is 10.3. The van der Waals surface area contributed by atoms with Crippen molar-refractivity contribution in [2.24, 2.45) is 5.92 Å². The fraction of sp³-hybridized carbons (Fsp3) is 0.917. The van der Waals surface area contributed by atoms with Crippen molar-refractivity contribution in [1.82, 2.24) is 4.90 Å². The predicted molar refractivity (Wildman–Crippen MR) is 60.5 cm³/mol. The van der Waals surface area contributed by atoms with Crippen LogP contribution in [0.4, 0.5) is 0 Å². The molecular formula is C12H23NO2. The molecule has 3 heteroatoms. The highest BCUT2D eigenvalue weighted by Crippen LogP contribution is 2.27. The largest absolute Gasteiger partial charge is 0.381 e. The monoisotopic (exact) mass is 213 g/mol. The van der Waals surface area contributed by atoms with Gasteiger partial charge in [0.2, 0.25) is 0 Å². The SMILES string of the molecule is CC1CCCC(N(C)C(=O)C(C)(C)O)C1. The van der Waals surface area contributed by atoms with Crippen molar-refractivity contribution in [3.05, 3.63) is 0 Å². The van der Waals surface area contributed by atoms with Gasteiger partial charge in [0.05, 0.1) is 0 Å². The van der Waals surface area contributed by atoms with Crippen LogP contribution >= 0.6 is 0 Å². The van der Waals surface area contributed by atoms with Gasteiger partial charge in [0.25, 0.3) is 5.91 Å². The summed E-state index contributed by atoms with van der Waals surface area (Å²) in [5, 5.41) is 9.66. The maximum absolute atomic E-state index is 11.8. The summed E-state index contributed by atoms with van der Waals surface area (Å²) >= 11 is 0. The molecule has 0 heterocycles. The number of carbonyl (C=O) groups excluding carboxylic acids is 1. The average molecular weight is 213 g/mol. The molecule has 1 fully saturated rings. The Hall–Kier alpha value is -0.570. The second-order valence-corrected chi connectivity index (χ2v) is 5.40. The van der Waals surface area contributed by atoms with Gasteiger partial charge in [-0.2, -0.15) is 0 Å². The number of nitrogens with zero attached hydrogens (tertiary/aromatic N) is 1. The van der Waals surface area contributed by atoms with E-state index < -0.39 is 5.60 Å². The molecule has 0 bridgehead atoms. The van der Waals surface area contributed by atoms with Crippen molar-refractivity contribution in [3.8, 4) is 0 Å². The van der Waals surface area contributed by atoms with E-state index >= 15 is 0 Å². The van der Waals surface area contributed by atoms with Crippen molar-refractivity contribution in [3.63, 3.8) is 0 Å². The predicted octanol–water partition coefficient (Wildman–Crippen LogP) is 1.79. The van der Waals surface area contributed by atoms with Gasteiger partial charge in [0.15, 0.2) is 0 Å². The summed E-state index contributed by atoms with van der Waals surface area (Å²) < 4.78 is 0. The van der Waals surface area contributed by atoms with Crippen LogP contribution in [0, 0.1) is 5.92 Å². The number of likely N-dealkylation sites (N-methyl/N-ethyl adjacent to an activating group) is 1. The van der Waals surface area contributed by atoms with Crippen LogP contribution in [0.1, 0.15) is 46.5 Å². The minimum absolute atomic E-state index is 0.165. The summed E-state index contributed by atoms with van der Waals surface area (Å²) in [7, 11) is 1.81. The maximum Gasteiger partial charge on any atom is 0.253 e. The molecule has 1 aliphatic rings. The Morgan fingerprint density at radius 2 is 2.00 bits per heavy atom. The molecule has 3 nitrogen and oxygen atoms in total. The number of aliphatic hydroxyl groups is 1. The summed E-state index contributed by atoms with van der Waals surface area (Å²) in [5.41, 5.74) is -1.24. The van der Waals surface area contributed by atoms with Gasteiger partial charge in [0.1, 0.15) is 5.60 Å². The van der Waals surface area contributed by atoms with Crippen molar-refractivity contribution < 1.29 is 9.90 Å². The lowest BCUT2D eigenvalue weighted by molar-refractivity contribution is -0.149. The van der Waals surface area contributed by atoms with Gasteiger partial charge in [-0.05, 0) is 32.6 Å². The zero-order valence-electron chi connectivity index (χ0n) is 10.3. The van der Waals surface area contributed by atoms with Crippen LogP contribution in [0.2, 0.25) is 0 Å². The first kappa shape index (κ1) is 12.5. The molecular weight excluding hydrogens is 190 g/mol. The van der Waals surface area contributed by atoms with Gasteiger partial charge < -0.3 is 10.0 Å². The molecule has 0 spiro atoms. The molecule has 0 radical (unpaired) electrons. The summed E-state index contributed by atoms with van der Waals surface area (Å²) in [6.07, 6.45) is 4.59. The van der Waals surface area contributed by atoms with E-state index in [1.807, 2.05) is 7.05 Å². The van der Waals surface area contributed by atoms with Crippen LogP contribution in [0.5, 0.6) is 0 Å². The summed E-state index contributed by atoms with van der Waals surface area (Å²) in [5.74, 6) is 0.530. The lowest BCUT2D eigenvalue weighted by atomic mass is 9.86. The Morgan fingerprint density at radius 3 is 2.47 bits per heavy atom. The molecule has 1 N–H and O–H groups in total. The third-order valence-electron chi connectivity index (χ3n) is 3.30. The molecule has 2 atom stereocenters. The maximum atomic E-state index is 11.8. The Morgan fingerprint density at radius 1 is 1.40 bits per heavy atom. The van der Waals surface area contributed by atoms with E-state index in [0.717, 1.165) is 12.8 Å². The first-order valence-electron chi connectivity index (χ1n) is 5.82. The fourth-order valence-electron chi connectivity index (χ4n) is 2.35. The fourth-order valence-corrected chi connectivity index (χ4v) is 2.35. The van der Waals surface area contributed by atoms with E-state index in [9.17, 15) is 9.90 Å². The summed E-state index contributed by atoms with van der Waals surface area (Å²) in [6.45, 7) is 5.34. The van der Waals surface area contributed by atoms with Gasteiger partial charge in [-0.3, -0.25) is 4.79 Å². The summed E-state index contributed by atoms with van der Waals surface area (Å²) in [4.78, 5) is 13.6. The molecule has 1 saturated carbocycles. The molecule has 0 aromatic carbocycles. The Balaban J connectivity index is 2.59. The van der Waals surface area contributed by atoms with Crippen LogP contribution < -0.4 is 0 Å². The second kappa shape index (κ2) is 4.52. The smallest absolute Gasteiger partial charge is 0.253 e. The first-order valence-corrected chi connectivity index (χ1v) is 5.82. The van der Waals surface area contributed by atoms with E-state index in [4.69, 9.17) is 0 Å². The normalized spacial score (nSPS) is 27.5. The second-order valence-electron chi connectivity index (χ2n) is 5.40. The van der Waals surface area contributed by atoms with Gasteiger partial charge >= 0.3 is 0 Å². The lowest BCUT2D eigenvalue weighted by Gasteiger charge is -2.36. The molecule has 15 heavy (non-hydrogen) atoms. The number of carbonyl (C=O) groups is 1. The van der Waals surface area contributed by atoms with Crippen LogP contribution in [0.3, 0.4) is 0 Å². The van der Waals surface area contributed by atoms with Gasteiger partial charge in [0, 0.05) is 13.1 Å². The van der Waals surface area contributed by atoms with E-state index in [0.29, 0.717) is 12.0 Å². The standard InChI is InChI=1S/C12H23NO2/c1-9-6-5-7-10(8-9)13(4)11(14)12(2,3)15/h9-10,15H,5-8H2,1-4H3. The van der Waals surface area contributed by atoms with Gasteiger partial charge in [-0.15, -0.1) is 0 Å². The molecule has 0 aromatic rings. The van der Waals surface area contributed by atoms with E-state index in [-0.39, 0.29) is 5.91 Å². The van der Waals surface area contributed by atoms with Crippen molar-refractivity contribution in [2.45, 2.75) is 58.1 Å². The molecule has 1 aliphatic carbocycles. The minimum Gasteiger partial charge on any atom is -0.381 e. The highest BCUT2D eigenvalue weighted by molar-refractivity contribution is 5.84. The number of hydrogen-bond acceptors (Lipinski definition) is 2. The molecule has 2 unspecified atom stereocenters. The molecule has 88 valence electrons. The Bertz CT molecular complexity index is 232. The third-order valence-corrected chi connectivity index (χ3v) is 3.30. The average Bonchev–Trinajstić information content (AvgIpc) is 2.14. The Labute approximate surface area is 92.5 Å². The number of hydrogen-bond donors (Lipinski definition) is 1. The number of amides is 1. The van der Waals surface area contributed by atoms with Crippen molar-refractivity contribution in [1.29, 1.82) is 0 Å². The van der Waals surface area contributed by atoms with E-state index in [1.165, 1.54) is 12.8 Å². The minimum atomic E-state index is -1.24. The van der Waals surface area contributed by atoms with Gasteiger partial charge in [-0.1, -0.05) is 19.8 Å². The highest BCUT2D eigenvalue weighted by Gasteiger charge is 2.32. The van der Waals surface area contributed by atoms with Crippen LogP contribution in [0.15, 0.2) is 0 Å². The third kappa shape index (κ3) is 3.20. The highest BCUT2D eigenvalue weighted by atomic mass is 16.3. The molecule has 1 amide bonds. The quantitative estimate of drug-likeness (QED) is 0.759. The molecule has 0 aliphatic heterocycles. The number of rotatable bonds is 2. The topological polar surface area (TPSA) is 40.5 Å². The van der Waals surface area contributed by atoms with E-state index in [1.54, 1.807) is 18.7 Å². The Kier molecular flexibility index (Phi) is 3.77. The van der Waals surface area contributed by atoms with Crippen molar-refractivity contribution >= 4 is 5.91 Å². The van der Waals surface area contributed by atoms with E-state index in [2.05, 4.69) is 6.92 Å².